The SMILES string of the molecule is [C-]#[N+]c1c(N2CCC3(CC2)COC(=O)C3)nc(Cl)c(C#N)c1CC. The molecular formula is C17H17ClN4O2. The Bertz CT molecular complexity index is 770. The molecule has 24 heavy (non-hydrogen) atoms. The normalized spacial score (nSPS) is 19.0. The van der Waals surface area contributed by atoms with Crippen LogP contribution in [0.3, 0.4) is 0 Å². The highest BCUT2D eigenvalue weighted by molar-refractivity contribution is 6.31. The van der Waals surface area contributed by atoms with Crippen LogP contribution in [0.1, 0.15) is 37.3 Å². The largest absolute Gasteiger partial charge is 0.465 e. The first-order valence-electron chi connectivity index (χ1n) is 7.94. The van der Waals surface area contributed by atoms with E-state index >= 15 is 0 Å². The average molecular weight is 345 g/mol. The number of carbonyl (C=O) groups excluding carboxylic acids is 1. The van der Waals surface area contributed by atoms with Crippen LogP contribution in [-0.4, -0.2) is 30.6 Å². The molecule has 124 valence electrons. The number of pyridine rings is 1. The van der Waals surface area contributed by atoms with Crippen molar-refractivity contribution in [3.63, 3.8) is 0 Å². The van der Waals surface area contributed by atoms with Crippen molar-refractivity contribution in [1.29, 1.82) is 5.26 Å². The van der Waals surface area contributed by atoms with Crippen LogP contribution in [0.5, 0.6) is 0 Å². The van der Waals surface area contributed by atoms with Gasteiger partial charge in [0, 0.05) is 18.5 Å². The number of halogens is 1. The zero-order chi connectivity index (χ0) is 17.3. The minimum Gasteiger partial charge on any atom is -0.465 e. The van der Waals surface area contributed by atoms with Crippen LogP contribution in [-0.2, 0) is 16.0 Å². The summed E-state index contributed by atoms with van der Waals surface area (Å²) >= 11 is 6.17. The second-order valence-corrected chi connectivity index (χ2v) is 6.69. The van der Waals surface area contributed by atoms with Crippen LogP contribution in [0.4, 0.5) is 11.5 Å². The predicted molar refractivity (Wildman–Crippen MR) is 89.1 cm³/mol. The number of cyclic esters (lactones) is 1. The Morgan fingerprint density at radius 1 is 1.50 bits per heavy atom. The summed E-state index contributed by atoms with van der Waals surface area (Å²) in [7, 11) is 0. The summed E-state index contributed by atoms with van der Waals surface area (Å²) in [5, 5.41) is 9.43. The van der Waals surface area contributed by atoms with Crippen molar-refractivity contribution >= 4 is 29.1 Å². The van der Waals surface area contributed by atoms with Gasteiger partial charge >= 0.3 is 5.97 Å². The molecule has 1 aromatic heterocycles. The topological polar surface area (TPSA) is 70.6 Å². The Morgan fingerprint density at radius 2 is 2.21 bits per heavy atom. The standard InChI is InChI=1S/C17H17ClN4O2/c1-3-11-12(9-19)15(18)21-16(14(11)20-2)22-6-4-17(5-7-22)8-13(23)24-10-17/h3-8,10H2,1H3. The minimum atomic E-state index is -0.127. The molecule has 0 unspecified atom stereocenters. The molecule has 3 rings (SSSR count). The lowest BCUT2D eigenvalue weighted by Gasteiger charge is -2.38. The maximum atomic E-state index is 11.4. The average Bonchev–Trinajstić information content (AvgIpc) is 2.94. The van der Waals surface area contributed by atoms with Gasteiger partial charge in [-0.15, -0.1) is 0 Å². The molecule has 2 saturated heterocycles. The fraction of sp³-hybridized carbons (Fsp3) is 0.529. The molecule has 1 spiro atoms. The molecule has 2 fully saturated rings. The molecule has 0 aromatic carbocycles. The summed E-state index contributed by atoms with van der Waals surface area (Å²) in [5.41, 5.74) is 1.28. The van der Waals surface area contributed by atoms with E-state index < -0.39 is 0 Å². The van der Waals surface area contributed by atoms with Crippen molar-refractivity contribution in [3.8, 4) is 6.07 Å². The third-order valence-electron chi connectivity index (χ3n) is 4.97. The first-order chi connectivity index (χ1) is 11.5. The van der Waals surface area contributed by atoms with Crippen molar-refractivity contribution in [2.75, 3.05) is 24.6 Å². The number of piperidine rings is 1. The number of hydrogen-bond acceptors (Lipinski definition) is 5. The number of esters is 1. The molecule has 1 aromatic rings. The van der Waals surface area contributed by atoms with Crippen molar-refractivity contribution in [1.82, 2.24) is 4.98 Å². The highest BCUT2D eigenvalue weighted by Crippen LogP contribution is 2.43. The van der Waals surface area contributed by atoms with Crippen LogP contribution in [0.15, 0.2) is 0 Å². The Kier molecular flexibility index (Phi) is 4.34. The van der Waals surface area contributed by atoms with E-state index in [1.165, 1.54) is 0 Å². The first kappa shape index (κ1) is 16.5. The van der Waals surface area contributed by atoms with E-state index in [1.54, 1.807) is 0 Å². The quantitative estimate of drug-likeness (QED) is 0.468. The van der Waals surface area contributed by atoms with E-state index in [1.807, 2.05) is 11.8 Å². The molecule has 2 aliphatic rings. The molecule has 6 nitrogen and oxygen atoms in total. The molecule has 0 N–H and O–H groups in total. The fourth-order valence-corrected chi connectivity index (χ4v) is 3.77. The summed E-state index contributed by atoms with van der Waals surface area (Å²) in [5.74, 6) is 0.420. The monoisotopic (exact) mass is 344 g/mol. The first-order valence-corrected chi connectivity index (χ1v) is 8.32. The lowest BCUT2D eigenvalue weighted by Crippen LogP contribution is -2.41. The number of aromatic nitrogens is 1. The van der Waals surface area contributed by atoms with Gasteiger partial charge in [0.25, 0.3) is 0 Å². The van der Waals surface area contributed by atoms with E-state index in [0.29, 0.717) is 49.6 Å². The molecular weight excluding hydrogens is 328 g/mol. The number of carbonyl (C=O) groups is 1. The van der Waals surface area contributed by atoms with Crippen molar-refractivity contribution in [2.45, 2.75) is 32.6 Å². The van der Waals surface area contributed by atoms with Gasteiger partial charge in [0.1, 0.15) is 17.0 Å². The van der Waals surface area contributed by atoms with Crippen molar-refractivity contribution in [3.05, 3.63) is 27.7 Å². The third-order valence-corrected chi connectivity index (χ3v) is 5.24. The molecule has 0 amide bonds. The molecule has 0 bridgehead atoms. The third kappa shape index (κ3) is 2.68. The second kappa shape index (κ2) is 6.30. The molecule has 0 saturated carbocycles. The number of nitriles is 1. The Morgan fingerprint density at radius 3 is 2.71 bits per heavy atom. The zero-order valence-electron chi connectivity index (χ0n) is 13.4. The fourth-order valence-electron chi connectivity index (χ4n) is 3.53. The van der Waals surface area contributed by atoms with E-state index in [-0.39, 0.29) is 22.1 Å². The highest BCUT2D eigenvalue weighted by atomic mass is 35.5. The van der Waals surface area contributed by atoms with Gasteiger partial charge in [0.05, 0.1) is 25.2 Å². The summed E-state index contributed by atoms with van der Waals surface area (Å²) in [6, 6.07) is 2.05. The van der Waals surface area contributed by atoms with Gasteiger partial charge in [0.15, 0.2) is 0 Å². The van der Waals surface area contributed by atoms with E-state index in [9.17, 15) is 10.1 Å². The van der Waals surface area contributed by atoms with Gasteiger partial charge in [-0.25, -0.2) is 9.83 Å². The molecule has 0 aliphatic carbocycles. The zero-order valence-corrected chi connectivity index (χ0v) is 14.2. The van der Waals surface area contributed by atoms with Gasteiger partial charge in [-0.2, -0.15) is 5.26 Å². The van der Waals surface area contributed by atoms with Gasteiger partial charge in [-0.05, 0) is 24.8 Å². The highest BCUT2D eigenvalue weighted by Gasteiger charge is 2.43. The van der Waals surface area contributed by atoms with Gasteiger partial charge in [-0.1, -0.05) is 18.5 Å². The molecule has 2 aliphatic heterocycles. The van der Waals surface area contributed by atoms with E-state index in [4.69, 9.17) is 22.9 Å². The predicted octanol–water partition coefficient (Wildman–Crippen LogP) is 3.25. The minimum absolute atomic E-state index is 0.0736. The number of nitrogens with zero attached hydrogens (tertiary/aromatic N) is 4. The summed E-state index contributed by atoms with van der Waals surface area (Å²) in [4.78, 5) is 21.4. The Balaban J connectivity index is 1.91. The summed E-state index contributed by atoms with van der Waals surface area (Å²) in [6.07, 6.45) is 2.65. The van der Waals surface area contributed by atoms with Gasteiger partial charge in [-0.3, -0.25) is 4.79 Å². The van der Waals surface area contributed by atoms with Crippen molar-refractivity contribution in [2.24, 2.45) is 5.41 Å². The smallest absolute Gasteiger partial charge is 0.306 e. The maximum Gasteiger partial charge on any atom is 0.306 e. The van der Waals surface area contributed by atoms with Gasteiger partial charge < -0.3 is 9.64 Å². The molecule has 0 radical (unpaired) electrons. The maximum absolute atomic E-state index is 11.4. The van der Waals surface area contributed by atoms with Crippen LogP contribution >= 0.6 is 11.6 Å². The number of ether oxygens (including phenoxy) is 1. The van der Waals surface area contributed by atoms with E-state index in [0.717, 1.165) is 12.8 Å². The summed E-state index contributed by atoms with van der Waals surface area (Å²) in [6.45, 7) is 11.3. The Labute approximate surface area is 145 Å². The second-order valence-electron chi connectivity index (χ2n) is 6.33. The lowest BCUT2D eigenvalue weighted by atomic mass is 9.78. The number of anilines is 1. The molecule has 3 heterocycles. The van der Waals surface area contributed by atoms with E-state index in [2.05, 4.69) is 15.9 Å². The number of rotatable bonds is 2. The van der Waals surface area contributed by atoms with Crippen LogP contribution in [0.2, 0.25) is 5.15 Å². The summed E-state index contributed by atoms with van der Waals surface area (Å²) < 4.78 is 5.14. The van der Waals surface area contributed by atoms with Crippen molar-refractivity contribution < 1.29 is 9.53 Å². The molecule has 0 atom stereocenters. The van der Waals surface area contributed by atoms with Crippen LogP contribution in [0.25, 0.3) is 4.85 Å². The number of hydrogen-bond donors (Lipinski definition) is 0. The van der Waals surface area contributed by atoms with Crippen LogP contribution in [0, 0.1) is 23.3 Å². The Hall–Kier alpha value is -2.31. The van der Waals surface area contributed by atoms with Gasteiger partial charge in [0.2, 0.25) is 5.69 Å². The molecule has 7 heteroatoms. The lowest BCUT2D eigenvalue weighted by molar-refractivity contribution is -0.137. The van der Waals surface area contributed by atoms with Crippen LogP contribution < -0.4 is 4.90 Å².